The summed E-state index contributed by atoms with van der Waals surface area (Å²) in [6, 6.07) is 4.24. The van der Waals surface area contributed by atoms with Crippen LogP contribution in [0.4, 0.5) is 13.2 Å². The zero-order valence-electron chi connectivity index (χ0n) is 15.1. The molecular formula is C19H19F3N2O3. The van der Waals surface area contributed by atoms with Crippen LogP contribution in [0, 0.1) is 13.8 Å². The van der Waals surface area contributed by atoms with Crippen LogP contribution in [0.1, 0.15) is 39.8 Å². The molecule has 5 nitrogen and oxygen atoms in total. The molecule has 0 saturated carbocycles. The van der Waals surface area contributed by atoms with Crippen molar-refractivity contribution in [1.29, 1.82) is 0 Å². The molecule has 0 bridgehead atoms. The van der Waals surface area contributed by atoms with Gasteiger partial charge in [-0.1, -0.05) is 12.1 Å². The fourth-order valence-electron chi connectivity index (χ4n) is 2.54. The molecule has 0 fully saturated rings. The van der Waals surface area contributed by atoms with Gasteiger partial charge < -0.3 is 4.74 Å². The zero-order valence-corrected chi connectivity index (χ0v) is 15.1. The molecule has 0 N–H and O–H groups in total. The Labute approximate surface area is 154 Å². The van der Waals surface area contributed by atoms with E-state index in [0.29, 0.717) is 17.0 Å². The van der Waals surface area contributed by atoms with Crippen LogP contribution in [0.3, 0.4) is 0 Å². The Hall–Kier alpha value is -2.90. The summed E-state index contributed by atoms with van der Waals surface area (Å²) >= 11 is 0. The van der Waals surface area contributed by atoms with Gasteiger partial charge in [-0.25, -0.2) is 0 Å². The minimum absolute atomic E-state index is 0.0596. The van der Waals surface area contributed by atoms with E-state index < -0.39 is 23.5 Å². The van der Waals surface area contributed by atoms with Gasteiger partial charge in [-0.2, -0.15) is 18.3 Å². The summed E-state index contributed by atoms with van der Waals surface area (Å²) in [5.41, 5.74) is 0.921. The van der Waals surface area contributed by atoms with E-state index in [1.54, 1.807) is 20.8 Å². The monoisotopic (exact) mass is 380 g/mol. The van der Waals surface area contributed by atoms with E-state index in [1.165, 1.54) is 29.0 Å². The highest BCUT2D eigenvalue weighted by Crippen LogP contribution is 2.29. The number of halogens is 3. The van der Waals surface area contributed by atoms with Gasteiger partial charge in [-0.05, 0) is 45.1 Å². The second-order valence-electron chi connectivity index (χ2n) is 5.82. The van der Waals surface area contributed by atoms with Crippen molar-refractivity contribution in [3.63, 3.8) is 0 Å². The fraction of sp³-hybridized carbons (Fsp3) is 0.316. The molecule has 0 spiro atoms. The third-order valence-corrected chi connectivity index (χ3v) is 3.90. The van der Waals surface area contributed by atoms with E-state index in [9.17, 15) is 22.8 Å². The standard InChI is InChI=1S/C19H19F3N2O3/c1-4-27-18(26)11-24-13(3)16(12(2)23-24)8-9-17(25)14-6-5-7-15(10-14)19(20,21)22/h5-10H,4,11H2,1-3H3/b9-8+. The van der Waals surface area contributed by atoms with Crippen molar-refractivity contribution in [3.05, 3.63) is 58.4 Å². The van der Waals surface area contributed by atoms with Crippen LogP contribution in [0.2, 0.25) is 0 Å². The van der Waals surface area contributed by atoms with Crippen LogP contribution in [0.25, 0.3) is 6.08 Å². The van der Waals surface area contributed by atoms with E-state index in [0.717, 1.165) is 12.1 Å². The summed E-state index contributed by atoms with van der Waals surface area (Å²) in [4.78, 5) is 23.8. The van der Waals surface area contributed by atoms with Gasteiger partial charge in [0, 0.05) is 16.8 Å². The van der Waals surface area contributed by atoms with Crippen LogP contribution in [0.15, 0.2) is 30.3 Å². The first-order valence-corrected chi connectivity index (χ1v) is 8.22. The van der Waals surface area contributed by atoms with Crippen molar-refractivity contribution in [1.82, 2.24) is 9.78 Å². The first-order chi connectivity index (χ1) is 12.6. The summed E-state index contributed by atoms with van der Waals surface area (Å²) < 4.78 is 44.7. The number of rotatable bonds is 6. The average molecular weight is 380 g/mol. The molecule has 27 heavy (non-hydrogen) atoms. The van der Waals surface area contributed by atoms with E-state index in [2.05, 4.69) is 5.10 Å². The van der Waals surface area contributed by atoms with Gasteiger partial charge in [0.25, 0.3) is 0 Å². The Morgan fingerprint density at radius 1 is 1.26 bits per heavy atom. The highest BCUT2D eigenvalue weighted by Gasteiger charge is 2.30. The van der Waals surface area contributed by atoms with Gasteiger partial charge in [-0.3, -0.25) is 14.3 Å². The molecule has 0 radical (unpaired) electrons. The molecule has 0 atom stereocenters. The Morgan fingerprint density at radius 3 is 2.59 bits per heavy atom. The second kappa shape index (κ2) is 8.20. The van der Waals surface area contributed by atoms with Crippen molar-refractivity contribution in [2.75, 3.05) is 6.61 Å². The van der Waals surface area contributed by atoms with E-state index in [-0.39, 0.29) is 18.7 Å². The van der Waals surface area contributed by atoms with Crippen molar-refractivity contribution >= 4 is 17.8 Å². The predicted octanol–water partition coefficient (Wildman–Crippen LogP) is 3.98. The molecule has 8 heteroatoms. The number of benzene rings is 1. The third-order valence-electron chi connectivity index (χ3n) is 3.90. The molecule has 0 aliphatic carbocycles. The quantitative estimate of drug-likeness (QED) is 0.432. The van der Waals surface area contributed by atoms with E-state index in [4.69, 9.17) is 4.74 Å². The molecule has 1 aromatic heterocycles. The molecule has 1 heterocycles. The summed E-state index contributed by atoms with van der Waals surface area (Å²) in [6.07, 6.45) is -1.83. The van der Waals surface area contributed by atoms with E-state index in [1.807, 2.05) is 0 Å². The number of ketones is 1. The van der Waals surface area contributed by atoms with Crippen molar-refractivity contribution in [2.24, 2.45) is 0 Å². The van der Waals surface area contributed by atoms with Crippen LogP contribution < -0.4 is 0 Å². The number of nitrogens with zero attached hydrogens (tertiary/aromatic N) is 2. The number of carbonyl (C=O) groups excluding carboxylic acids is 2. The maximum atomic E-state index is 12.8. The summed E-state index contributed by atoms with van der Waals surface area (Å²) in [5.74, 6) is -0.989. The lowest BCUT2D eigenvalue weighted by Crippen LogP contribution is -2.15. The predicted molar refractivity (Wildman–Crippen MR) is 93.1 cm³/mol. The van der Waals surface area contributed by atoms with Crippen LogP contribution in [-0.4, -0.2) is 28.1 Å². The van der Waals surface area contributed by atoms with Crippen molar-refractivity contribution in [3.8, 4) is 0 Å². The summed E-state index contributed by atoms with van der Waals surface area (Å²) in [5, 5.41) is 4.23. The number of hydrogen-bond donors (Lipinski definition) is 0. The molecule has 0 saturated heterocycles. The number of hydrogen-bond acceptors (Lipinski definition) is 4. The number of aromatic nitrogens is 2. The summed E-state index contributed by atoms with van der Waals surface area (Å²) in [7, 11) is 0. The zero-order chi connectivity index (χ0) is 20.2. The number of aryl methyl sites for hydroxylation is 1. The lowest BCUT2D eigenvalue weighted by Gasteiger charge is -2.07. The number of allylic oxidation sites excluding steroid dienone is 1. The topological polar surface area (TPSA) is 61.2 Å². The highest BCUT2D eigenvalue weighted by atomic mass is 19.4. The molecule has 0 amide bonds. The van der Waals surface area contributed by atoms with E-state index >= 15 is 0 Å². The molecule has 0 aliphatic rings. The van der Waals surface area contributed by atoms with Crippen LogP contribution in [0.5, 0.6) is 0 Å². The number of esters is 1. The molecule has 1 aromatic carbocycles. The summed E-state index contributed by atoms with van der Waals surface area (Å²) in [6.45, 7) is 5.34. The lowest BCUT2D eigenvalue weighted by atomic mass is 10.1. The van der Waals surface area contributed by atoms with Gasteiger partial charge in [0.15, 0.2) is 5.78 Å². The maximum absolute atomic E-state index is 12.8. The van der Waals surface area contributed by atoms with Crippen LogP contribution in [-0.2, 0) is 22.3 Å². The fourth-order valence-corrected chi connectivity index (χ4v) is 2.54. The Kier molecular flexibility index (Phi) is 6.20. The Bertz CT molecular complexity index is 883. The normalized spacial score (nSPS) is 11.8. The Morgan fingerprint density at radius 2 is 1.96 bits per heavy atom. The lowest BCUT2D eigenvalue weighted by molar-refractivity contribution is -0.144. The largest absolute Gasteiger partial charge is 0.465 e. The minimum atomic E-state index is -4.51. The number of ether oxygens (including phenoxy) is 1. The van der Waals surface area contributed by atoms with Crippen molar-refractivity contribution < 1.29 is 27.5 Å². The first kappa shape index (κ1) is 20.4. The average Bonchev–Trinajstić information content (AvgIpc) is 2.85. The van der Waals surface area contributed by atoms with Gasteiger partial charge in [0.2, 0.25) is 0 Å². The number of alkyl halides is 3. The molecule has 2 rings (SSSR count). The van der Waals surface area contributed by atoms with Gasteiger partial charge >= 0.3 is 12.1 Å². The van der Waals surface area contributed by atoms with Gasteiger partial charge in [0.05, 0.1) is 17.9 Å². The molecule has 0 unspecified atom stereocenters. The molecule has 2 aromatic rings. The first-order valence-electron chi connectivity index (χ1n) is 8.22. The van der Waals surface area contributed by atoms with Gasteiger partial charge in [0.1, 0.15) is 6.54 Å². The third kappa shape index (κ3) is 5.06. The number of carbonyl (C=O) groups is 2. The van der Waals surface area contributed by atoms with Gasteiger partial charge in [-0.15, -0.1) is 0 Å². The molecule has 0 aliphatic heterocycles. The van der Waals surface area contributed by atoms with Crippen molar-refractivity contribution in [2.45, 2.75) is 33.5 Å². The highest BCUT2D eigenvalue weighted by molar-refractivity contribution is 6.07. The van der Waals surface area contributed by atoms with Crippen LogP contribution >= 0.6 is 0 Å². The molecular weight excluding hydrogens is 361 g/mol. The maximum Gasteiger partial charge on any atom is 0.416 e. The minimum Gasteiger partial charge on any atom is -0.465 e. The Balaban J connectivity index is 2.22. The SMILES string of the molecule is CCOC(=O)Cn1nc(C)c(/C=C/C(=O)c2cccc(C(F)(F)F)c2)c1C. The second-order valence-corrected chi connectivity index (χ2v) is 5.82. The molecule has 144 valence electrons. The smallest absolute Gasteiger partial charge is 0.416 e.